The summed E-state index contributed by atoms with van der Waals surface area (Å²) in [6, 6.07) is 12.0. The highest BCUT2D eigenvalue weighted by Crippen LogP contribution is 2.30. The number of carbonyl (C=O) groups is 2. The Morgan fingerprint density at radius 2 is 1.94 bits per heavy atom. The zero-order valence-corrected chi connectivity index (χ0v) is 17.5. The highest BCUT2D eigenvalue weighted by Gasteiger charge is 2.28. The normalized spacial score (nSPS) is 16.5. The lowest BCUT2D eigenvalue weighted by Gasteiger charge is -2.19. The molecule has 2 aromatic carbocycles. The van der Waals surface area contributed by atoms with Crippen LogP contribution in [-0.2, 0) is 17.5 Å². The molecule has 156 valence electrons. The fourth-order valence-corrected chi connectivity index (χ4v) is 4.19. The molecule has 1 aliphatic heterocycles. The highest BCUT2D eigenvalue weighted by molar-refractivity contribution is 7.91. The molecular weight excluding hydrogens is 441 g/mol. The zero-order valence-electron chi connectivity index (χ0n) is 15.9. The molecule has 0 saturated heterocycles. The molecule has 0 saturated carbocycles. The van der Waals surface area contributed by atoms with Crippen LogP contribution in [0.4, 0.5) is 10.1 Å². The molecule has 9 heteroatoms. The van der Waals surface area contributed by atoms with Gasteiger partial charge in [-0.05, 0) is 59.7 Å². The zero-order chi connectivity index (χ0) is 22.0. The van der Waals surface area contributed by atoms with Crippen molar-refractivity contribution in [2.75, 3.05) is 4.72 Å². The average molecular weight is 456 g/mol. The number of carbonyl (C=O) groups excluding carboxylic acids is 2. The largest absolute Gasteiger partial charge is 0.348 e. The van der Waals surface area contributed by atoms with Crippen LogP contribution in [0.15, 0.2) is 65.8 Å². The first-order valence-corrected chi connectivity index (χ1v) is 10.7. The number of nitrogens with one attached hydrogen (secondary N) is 2. The molecule has 1 atom stereocenters. The third kappa shape index (κ3) is 4.55. The van der Waals surface area contributed by atoms with Gasteiger partial charge in [0, 0.05) is 30.1 Å². The van der Waals surface area contributed by atoms with Crippen LogP contribution in [0.3, 0.4) is 0 Å². The SMILES string of the molecule is O=C(NCc1ccncc1)c1ccc2c(c1)C(=O)/C(=C/c1ccc(F)c(Cl)c1)S(=O)N2. The predicted molar refractivity (Wildman–Crippen MR) is 117 cm³/mol. The van der Waals surface area contributed by atoms with E-state index >= 15 is 0 Å². The van der Waals surface area contributed by atoms with Gasteiger partial charge in [0.15, 0.2) is 11.0 Å². The molecule has 3 aromatic rings. The van der Waals surface area contributed by atoms with Crippen molar-refractivity contribution in [3.8, 4) is 0 Å². The van der Waals surface area contributed by atoms with Crippen LogP contribution in [0, 0.1) is 5.82 Å². The van der Waals surface area contributed by atoms with Crippen LogP contribution in [0.25, 0.3) is 6.08 Å². The van der Waals surface area contributed by atoms with E-state index in [0.29, 0.717) is 23.4 Å². The maximum Gasteiger partial charge on any atom is 0.251 e. The Kier molecular flexibility index (Phi) is 5.92. The van der Waals surface area contributed by atoms with Crippen molar-refractivity contribution in [1.29, 1.82) is 0 Å². The minimum atomic E-state index is -1.81. The van der Waals surface area contributed by atoms with Crippen LogP contribution in [0.1, 0.15) is 31.8 Å². The fourth-order valence-electron chi connectivity index (χ4n) is 2.99. The highest BCUT2D eigenvalue weighted by atomic mass is 35.5. The van der Waals surface area contributed by atoms with Gasteiger partial charge < -0.3 is 10.0 Å². The quantitative estimate of drug-likeness (QED) is 0.579. The Balaban J connectivity index is 1.59. The van der Waals surface area contributed by atoms with E-state index in [2.05, 4.69) is 15.0 Å². The smallest absolute Gasteiger partial charge is 0.251 e. The van der Waals surface area contributed by atoms with E-state index in [9.17, 15) is 18.2 Å². The number of pyridine rings is 1. The number of rotatable bonds is 4. The van der Waals surface area contributed by atoms with Crippen molar-refractivity contribution >= 4 is 46.0 Å². The van der Waals surface area contributed by atoms with Gasteiger partial charge in [0.2, 0.25) is 5.78 Å². The number of benzene rings is 2. The molecule has 0 bridgehead atoms. The second-order valence-electron chi connectivity index (χ2n) is 6.68. The van der Waals surface area contributed by atoms with E-state index in [-0.39, 0.29) is 21.4 Å². The molecule has 2 heterocycles. The molecule has 0 radical (unpaired) electrons. The van der Waals surface area contributed by atoms with Gasteiger partial charge in [-0.25, -0.2) is 8.60 Å². The topological polar surface area (TPSA) is 88.2 Å². The summed E-state index contributed by atoms with van der Waals surface area (Å²) >= 11 is 5.79. The van der Waals surface area contributed by atoms with Crippen LogP contribution in [-0.4, -0.2) is 20.9 Å². The molecule has 0 aliphatic carbocycles. The van der Waals surface area contributed by atoms with E-state index in [1.807, 2.05) is 0 Å². The molecule has 1 aromatic heterocycles. The molecular formula is C22H15ClFN3O3S. The van der Waals surface area contributed by atoms with E-state index in [4.69, 9.17) is 11.6 Å². The van der Waals surface area contributed by atoms with Crippen molar-refractivity contribution in [2.24, 2.45) is 0 Å². The summed E-state index contributed by atoms with van der Waals surface area (Å²) in [4.78, 5) is 29.4. The molecule has 1 aliphatic rings. The summed E-state index contributed by atoms with van der Waals surface area (Å²) in [7, 11) is -1.81. The Labute approximate surface area is 184 Å². The lowest BCUT2D eigenvalue weighted by Crippen LogP contribution is -2.25. The van der Waals surface area contributed by atoms with Gasteiger partial charge in [-0.1, -0.05) is 17.7 Å². The number of ketones is 1. The van der Waals surface area contributed by atoms with Gasteiger partial charge in [-0.3, -0.25) is 14.6 Å². The Hall–Kier alpha value is -3.36. The van der Waals surface area contributed by atoms with E-state index in [1.54, 1.807) is 30.6 Å². The third-order valence-corrected chi connectivity index (χ3v) is 5.99. The van der Waals surface area contributed by atoms with Gasteiger partial charge in [0.05, 0.1) is 10.7 Å². The van der Waals surface area contributed by atoms with Gasteiger partial charge in [-0.2, -0.15) is 0 Å². The number of Topliss-reactive ketones (excluding diaryl/α,β-unsaturated/α-hetero) is 1. The number of nitrogens with zero attached hydrogens (tertiary/aromatic N) is 1. The molecule has 31 heavy (non-hydrogen) atoms. The average Bonchev–Trinajstić information content (AvgIpc) is 2.78. The summed E-state index contributed by atoms with van der Waals surface area (Å²) in [5, 5.41) is 2.68. The Morgan fingerprint density at radius 1 is 1.16 bits per heavy atom. The summed E-state index contributed by atoms with van der Waals surface area (Å²) < 4.78 is 28.7. The molecule has 2 N–H and O–H groups in total. The molecule has 1 unspecified atom stereocenters. The maximum absolute atomic E-state index is 13.4. The molecule has 0 fully saturated rings. The third-order valence-electron chi connectivity index (χ3n) is 4.60. The van der Waals surface area contributed by atoms with Gasteiger partial charge >= 0.3 is 0 Å². The van der Waals surface area contributed by atoms with Crippen molar-refractivity contribution in [1.82, 2.24) is 10.3 Å². The number of halogens is 2. The van der Waals surface area contributed by atoms with Gasteiger partial charge in [0.1, 0.15) is 10.7 Å². The number of allylic oxidation sites excluding steroid dienone is 1. The van der Waals surface area contributed by atoms with E-state index in [0.717, 1.165) is 11.6 Å². The lowest BCUT2D eigenvalue weighted by atomic mass is 10.0. The monoisotopic (exact) mass is 455 g/mol. The standard InChI is InChI=1S/C22H15ClFN3O3S/c23-17-9-14(1-3-18(17)24)10-20-21(28)16-11-15(2-4-19(16)27-31(20)30)22(29)26-12-13-5-7-25-8-6-13/h1-11,27H,12H2,(H,26,29)/b20-10-. The minimum Gasteiger partial charge on any atom is -0.348 e. The Morgan fingerprint density at radius 3 is 2.68 bits per heavy atom. The van der Waals surface area contributed by atoms with Crippen LogP contribution < -0.4 is 10.0 Å². The first-order valence-electron chi connectivity index (χ1n) is 9.13. The van der Waals surface area contributed by atoms with E-state index < -0.39 is 22.6 Å². The molecule has 0 spiro atoms. The van der Waals surface area contributed by atoms with Crippen molar-refractivity contribution in [2.45, 2.75) is 6.54 Å². The molecule has 4 rings (SSSR count). The number of aromatic nitrogens is 1. The Bertz CT molecular complexity index is 1250. The number of amides is 1. The summed E-state index contributed by atoms with van der Waals surface area (Å²) in [6.45, 7) is 0.311. The fraction of sp³-hybridized carbons (Fsp3) is 0.0455. The molecule has 1 amide bonds. The number of anilines is 1. The lowest BCUT2D eigenvalue weighted by molar-refractivity contribution is 0.0951. The van der Waals surface area contributed by atoms with Crippen molar-refractivity contribution in [3.05, 3.63) is 98.9 Å². The second kappa shape index (κ2) is 8.79. The van der Waals surface area contributed by atoms with Gasteiger partial charge in [-0.15, -0.1) is 0 Å². The maximum atomic E-state index is 13.4. The summed E-state index contributed by atoms with van der Waals surface area (Å²) in [6.07, 6.45) is 4.65. The van der Waals surface area contributed by atoms with Crippen LogP contribution >= 0.6 is 11.6 Å². The predicted octanol–water partition coefficient (Wildman–Crippen LogP) is 4.12. The van der Waals surface area contributed by atoms with Gasteiger partial charge in [0.25, 0.3) is 5.91 Å². The van der Waals surface area contributed by atoms with Crippen molar-refractivity contribution < 1.29 is 18.2 Å². The number of hydrogen-bond acceptors (Lipinski definition) is 4. The number of fused-ring (bicyclic) bond motifs is 1. The first kappa shape index (κ1) is 20.9. The second-order valence-corrected chi connectivity index (χ2v) is 8.27. The summed E-state index contributed by atoms with van der Waals surface area (Å²) in [5.41, 5.74) is 2.19. The van der Waals surface area contributed by atoms with Crippen LogP contribution in [0.5, 0.6) is 0 Å². The summed E-state index contributed by atoms with van der Waals surface area (Å²) in [5.74, 6) is -1.43. The van der Waals surface area contributed by atoms with E-state index in [1.165, 1.54) is 30.3 Å². The number of hydrogen-bond donors (Lipinski definition) is 2. The van der Waals surface area contributed by atoms with Crippen LogP contribution in [0.2, 0.25) is 5.02 Å². The molecule has 6 nitrogen and oxygen atoms in total. The van der Waals surface area contributed by atoms with Crippen molar-refractivity contribution in [3.63, 3.8) is 0 Å². The minimum absolute atomic E-state index is 0.0236. The first-order chi connectivity index (χ1) is 14.9.